The van der Waals surface area contributed by atoms with Crippen LogP contribution in [0.5, 0.6) is 0 Å². The summed E-state index contributed by atoms with van der Waals surface area (Å²) in [5.41, 5.74) is 6.56. The van der Waals surface area contributed by atoms with Gasteiger partial charge in [-0.25, -0.2) is 4.79 Å². The van der Waals surface area contributed by atoms with E-state index in [9.17, 15) is 14.4 Å². The first-order valence-corrected chi connectivity index (χ1v) is 11.1. The number of Topliss-reactive ketones (excluding diaryl/α,β-unsaturated/α-hetero) is 1. The lowest BCUT2D eigenvalue weighted by atomic mass is 9.59. The Labute approximate surface area is 173 Å². The molecule has 1 saturated heterocycles. The van der Waals surface area contributed by atoms with Crippen LogP contribution >= 0.6 is 0 Å². The number of urea groups is 1. The normalized spacial score (nSPS) is 34.9. The van der Waals surface area contributed by atoms with Crippen LogP contribution in [0.15, 0.2) is 23.3 Å². The van der Waals surface area contributed by atoms with E-state index in [1.807, 2.05) is 19.1 Å². The van der Waals surface area contributed by atoms with E-state index in [0.717, 1.165) is 44.1 Å². The first kappa shape index (κ1) is 20.3. The fraction of sp³-hybridized carbons (Fsp3) is 0.696. The molecule has 0 spiro atoms. The standard InChI is InChI=1S/C23H33N3O3/c1-23(19-12-15-7-9-17(19)10-8-15)21(28)26(22(29)25(23)2)14-20(27)18-6-4-3-5-16(11-18)13-24/h6,11,15,17,19H,3-5,7-10,12-14,24H2,1-2H3/t15-,17+,19-,23+/m0/s1. The number of nitrogens with zero attached hydrogens (tertiary/aromatic N) is 2. The van der Waals surface area contributed by atoms with Crippen LogP contribution in [0.25, 0.3) is 0 Å². The fourth-order valence-corrected chi connectivity index (χ4v) is 6.02. The average Bonchev–Trinajstić information content (AvgIpc) is 2.95. The highest BCUT2D eigenvalue weighted by molar-refractivity contribution is 6.11. The van der Waals surface area contributed by atoms with Gasteiger partial charge in [0.2, 0.25) is 0 Å². The van der Waals surface area contributed by atoms with E-state index >= 15 is 0 Å². The average molecular weight is 400 g/mol. The maximum Gasteiger partial charge on any atom is 0.327 e. The minimum atomic E-state index is -0.836. The van der Waals surface area contributed by atoms with Crippen molar-refractivity contribution in [3.63, 3.8) is 0 Å². The maximum absolute atomic E-state index is 13.5. The largest absolute Gasteiger partial charge is 0.327 e. The highest BCUT2D eigenvalue weighted by Crippen LogP contribution is 2.52. The Morgan fingerprint density at radius 3 is 2.59 bits per heavy atom. The summed E-state index contributed by atoms with van der Waals surface area (Å²) >= 11 is 0. The topological polar surface area (TPSA) is 83.7 Å². The predicted octanol–water partition coefficient (Wildman–Crippen LogP) is 3.03. The van der Waals surface area contributed by atoms with E-state index in [1.165, 1.54) is 17.7 Å². The summed E-state index contributed by atoms with van der Waals surface area (Å²) in [7, 11) is 1.73. The molecule has 5 aliphatic rings. The molecular formula is C23H33N3O3. The number of rotatable bonds is 5. The maximum atomic E-state index is 13.5. The third kappa shape index (κ3) is 3.35. The smallest absolute Gasteiger partial charge is 0.327 e. The van der Waals surface area contributed by atoms with Crippen LogP contribution in [0, 0.1) is 17.8 Å². The first-order chi connectivity index (χ1) is 13.9. The van der Waals surface area contributed by atoms with Gasteiger partial charge in [0, 0.05) is 19.2 Å². The second-order valence-corrected chi connectivity index (χ2v) is 9.48. The van der Waals surface area contributed by atoms with Gasteiger partial charge in [-0.2, -0.15) is 0 Å². The third-order valence-corrected chi connectivity index (χ3v) is 7.97. The molecule has 1 heterocycles. The molecule has 2 bridgehead atoms. The molecule has 0 unspecified atom stereocenters. The highest BCUT2D eigenvalue weighted by Gasteiger charge is 2.60. The van der Waals surface area contributed by atoms with Gasteiger partial charge in [-0.1, -0.05) is 30.6 Å². The molecule has 3 amide bonds. The zero-order valence-corrected chi connectivity index (χ0v) is 17.7. The second kappa shape index (κ2) is 7.71. The third-order valence-electron chi connectivity index (χ3n) is 7.97. The molecule has 0 aromatic rings. The predicted molar refractivity (Wildman–Crippen MR) is 111 cm³/mol. The Morgan fingerprint density at radius 2 is 1.97 bits per heavy atom. The summed E-state index contributed by atoms with van der Waals surface area (Å²) in [5, 5.41) is 0. The Morgan fingerprint density at radius 1 is 1.24 bits per heavy atom. The van der Waals surface area contributed by atoms with Crippen LogP contribution in [0.2, 0.25) is 0 Å². The van der Waals surface area contributed by atoms with E-state index in [-0.39, 0.29) is 30.2 Å². The fourth-order valence-electron chi connectivity index (χ4n) is 6.02. The molecule has 29 heavy (non-hydrogen) atoms. The van der Waals surface area contributed by atoms with Crippen molar-refractivity contribution >= 4 is 17.7 Å². The van der Waals surface area contributed by atoms with Gasteiger partial charge in [0.1, 0.15) is 5.54 Å². The van der Waals surface area contributed by atoms with Crippen molar-refractivity contribution in [1.82, 2.24) is 9.80 Å². The molecule has 2 atom stereocenters. The van der Waals surface area contributed by atoms with Crippen LogP contribution in [-0.2, 0) is 9.59 Å². The summed E-state index contributed by atoms with van der Waals surface area (Å²) in [6.07, 6.45) is 12.2. The van der Waals surface area contributed by atoms with Crippen molar-refractivity contribution in [3.05, 3.63) is 23.3 Å². The summed E-state index contributed by atoms with van der Waals surface area (Å²) in [6.45, 7) is 2.16. The number of amides is 3. The van der Waals surface area contributed by atoms with Gasteiger partial charge < -0.3 is 10.6 Å². The molecule has 158 valence electrons. The molecule has 6 heteroatoms. The van der Waals surface area contributed by atoms with Crippen LogP contribution < -0.4 is 5.73 Å². The van der Waals surface area contributed by atoms with E-state index < -0.39 is 5.54 Å². The van der Waals surface area contributed by atoms with Crippen molar-refractivity contribution in [1.29, 1.82) is 0 Å². The molecule has 4 aliphatic carbocycles. The molecule has 0 aromatic heterocycles. The number of fused-ring (bicyclic) bond motifs is 3. The van der Waals surface area contributed by atoms with Crippen molar-refractivity contribution in [2.45, 2.75) is 63.8 Å². The number of ketones is 1. The van der Waals surface area contributed by atoms with Gasteiger partial charge in [0.05, 0.1) is 6.54 Å². The Balaban J connectivity index is 1.54. The van der Waals surface area contributed by atoms with Crippen LogP contribution in [0.4, 0.5) is 4.79 Å². The van der Waals surface area contributed by atoms with Gasteiger partial charge in [-0.05, 0) is 63.2 Å². The highest BCUT2D eigenvalue weighted by atomic mass is 16.2. The molecule has 5 rings (SSSR count). The lowest BCUT2D eigenvalue weighted by Crippen LogP contribution is -2.56. The molecular weight excluding hydrogens is 366 g/mol. The van der Waals surface area contributed by atoms with Crippen molar-refractivity contribution < 1.29 is 14.4 Å². The van der Waals surface area contributed by atoms with Crippen LogP contribution in [0.1, 0.15) is 58.3 Å². The van der Waals surface area contributed by atoms with Gasteiger partial charge >= 0.3 is 6.03 Å². The number of carbonyl (C=O) groups excluding carboxylic acids is 3. The molecule has 0 aromatic carbocycles. The van der Waals surface area contributed by atoms with E-state index in [4.69, 9.17) is 5.73 Å². The van der Waals surface area contributed by atoms with Crippen LogP contribution in [-0.4, -0.2) is 53.2 Å². The minimum absolute atomic E-state index is 0.178. The molecule has 0 radical (unpaired) electrons. The van der Waals surface area contributed by atoms with Gasteiger partial charge in [0.15, 0.2) is 5.78 Å². The number of carbonyl (C=O) groups is 3. The molecule has 2 N–H and O–H groups in total. The monoisotopic (exact) mass is 399 g/mol. The van der Waals surface area contributed by atoms with Gasteiger partial charge in [-0.15, -0.1) is 0 Å². The van der Waals surface area contributed by atoms with E-state index in [1.54, 1.807) is 11.9 Å². The van der Waals surface area contributed by atoms with E-state index in [2.05, 4.69) is 0 Å². The number of hydrogen-bond donors (Lipinski definition) is 1. The second-order valence-electron chi connectivity index (χ2n) is 9.48. The Kier molecular flexibility index (Phi) is 5.40. The van der Waals surface area contributed by atoms with Gasteiger partial charge in [0.25, 0.3) is 5.91 Å². The zero-order chi connectivity index (χ0) is 20.8. The van der Waals surface area contributed by atoms with E-state index in [0.29, 0.717) is 24.0 Å². The van der Waals surface area contributed by atoms with Crippen molar-refractivity contribution in [2.24, 2.45) is 23.5 Å². The molecule has 3 saturated carbocycles. The SMILES string of the molecule is CN1C(=O)N(CC(=O)C2=CCCCC(CN)=C2)C(=O)[C@@]1(C)[C@H]1C[C@H]2CC[C@@H]1CC2. The van der Waals surface area contributed by atoms with Crippen LogP contribution in [0.3, 0.4) is 0 Å². The van der Waals surface area contributed by atoms with Crippen molar-refractivity contribution in [3.8, 4) is 0 Å². The molecule has 1 aliphatic heterocycles. The summed E-state index contributed by atoms with van der Waals surface area (Å²) in [6, 6.07) is -0.343. The number of allylic oxidation sites excluding steroid dienone is 2. The molecule has 4 fully saturated rings. The number of likely N-dealkylation sites (N-methyl/N-ethyl adjacent to an activating group) is 1. The Bertz CT molecular complexity index is 778. The summed E-state index contributed by atoms with van der Waals surface area (Å²) < 4.78 is 0. The van der Waals surface area contributed by atoms with Crippen molar-refractivity contribution in [2.75, 3.05) is 20.1 Å². The first-order valence-electron chi connectivity index (χ1n) is 11.1. The molecule has 6 nitrogen and oxygen atoms in total. The zero-order valence-electron chi connectivity index (χ0n) is 17.7. The summed E-state index contributed by atoms with van der Waals surface area (Å²) in [4.78, 5) is 42.3. The summed E-state index contributed by atoms with van der Waals surface area (Å²) in [5.74, 6) is 0.983. The minimum Gasteiger partial charge on any atom is -0.327 e. The lowest BCUT2D eigenvalue weighted by Gasteiger charge is -2.49. The lowest BCUT2D eigenvalue weighted by molar-refractivity contribution is -0.139. The number of nitrogens with two attached hydrogens (primary N) is 1. The Hall–Kier alpha value is -1.95. The number of imide groups is 1. The number of hydrogen-bond acceptors (Lipinski definition) is 4. The van der Waals surface area contributed by atoms with Gasteiger partial charge in [-0.3, -0.25) is 14.5 Å². The quantitative estimate of drug-likeness (QED) is 0.720.